The number of carboxylic acid groups (broad SMARTS) is 1. The van der Waals surface area contributed by atoms with Gasteiger partial charge in [0.05, 0.1) is 15.4 Å². The Morgan fingerprint density at radius 1 is 1.50 bits per heavy atom. The Hall–Kier alpha value is -2.42. The molecule has 2 N–H and O–H groups in total. The number of nitrogens with zero attached hydrogens (tertiary/aromatic N) is 3. The van der Waals surface area contributed by atoms with Crippen molar-refractivity contribution in [2.45, 2.75) is 10.1 Å². The molecule has 8 nitrogen and oxygen atoms in total. The summed E-state index contributed by atoms with van der Waals surface area (Å²) in [6.45, 7) is 0. The molecule has 1 aromatic heterocycles. The maximum absolute atomic E-state index is 10.9. The molecule has 0 aliphatic heterocycles. The lowest BCUT2D eigenvalue weighted by molar-refractivity contribution is -0.387. The Bertz CT molecular complexity index is 599. The summed E-state index contributed by atoms with van der Waals surface area (Å²) >= 11 is 1.01. The molecule has 1 heterocycles. The number of rotatable bonds is 4. The highest BCUT2D eigenvalue weighted by Gasteiger charge is 2.18. The van der Waals surface area contributed by atoms with E-state index in [1.54, 1.807) is 0 Å². The minimum atomic E-state index is -1.21. The molecule has 0 saturated carbocycles. The summed E-state index contributed by atoms with van der Waals surface area (Å²) in [5.41, 5.74) is -0.417. The van der Waals surface area contributed by atoms with Gasteiger partial charge in [-0.2, -0.15) is 5.10 Å². The zero-order valence-electron chi connectivity index (χ0n) is 8.73. The van der Waals surface area contributed by atoms with Gasteiger partial charge in [-0.3, -0.25) is 15.2 Å². The van der Waals surface area contributed by atoms with Crippen molar-refractivity contribution in [2.75, 3.05) is 0 Å². The van der Waals surface area contributed by atoms with E-state index in [0.717, 1.165) is 17.8 Å². The van der Waals surface area contributed by atoms with Gasteiger partial charge in [-0.1, -0.05) is 0 Å². The zero-order valence-corrected chi connectivity index (χ0v) is 9.55. The van der Waals surface area contributed by atoms with Crippen molar-refractivity contribution in [3.05, 3.63) is 40.2 Å². The number of carboxylic acids is 1. The van der Waals surface area contributed by atoms with Crippen LogP contribution in [0.3, 0.4) is 0 Å². The van der Waals surface area contributed by atoms with Crippen LogP contribution in [0.5, 0.6) is 0 Å². The van der Waals surface area contributed by atoms with Gasteiger partial charge in [0.15, 0.2) is 5.16 Å². The molecular weight excluding hydrogens is 260 g/mol. The lowest BCUT2D eigenvalue weighted by Gasteiger charge is -2.01. The summed E-state index contributed by atoms with van der Waals surface area (Å²) in [4.78, 5) is 25.1. The second-order valence-corrected chi connectivity index (χ2v) is 4.17. The van der Waals surface area contributed by atoms with Gasteiger partial charge in [0.1, 0.15) is 6.33 Å². The van der Waals surface area contributed by atoms with Crippen molar-refractivity contribution < 1.29 is 14.8 Å². The van der Waals surface area contributed by atoms with Crippen LogP contribution in [-0.2, 0) is 0 Å². The molecule has 0 aliphatic carbocycles. The van der Waals surface area contributed by atoms with Crippen molar-refractivity contribution in [1.29, 1.82) is 0 Å². The van der Waals surface area contributed by atoms with E-state index in [2.05, 4.69) is 15.2 Å². The van der Waals surface area contributed by atoms with Gasteiger partial charge in [-0.15, -0.1) is 0 Å². The van der Waals surface area contributed by atoms with E-state index in [0.29, 0.717) is 10.1 Å². The Kier molecular flexibility index (Phi) is 3.24. The summed E-state index contributed by atoms with van der Waals surface area (Å²) in [6, 6.07) is 3.68. The van der Waals surface area contributed by atoms with Crippen LogP contribution in [0.1, 0.15) is 10.4 Å². The molecule has 0 unspecified atom stereocenters. The number of carbonyl (C=O) groups is 1. The maximum Gasteiger partial charge on any atom is 0.335 e. The smallest absolute Gasteiger partial charge is 0.335 e. The highest BCUT2D eigenvalue weighted by molar-refractivity contribution is 7.99. The van der Waals surface area contributed by atoms with Crippen molar-refractivity contribution in [1.82, 2.24) is 15.2 Å². The van der Waals surface area contributed by atoms with E-state index in [-0.39, 0.29) is 11.3 Å². The average molecular weight is 266 g/mol. The third-order valence-electron chi connectivity index (χ3n) is 2.00. The molecule has 0 bridgehead atoms. The van der Waals surface area contributed by atoms with Gasteiger partial charge >= 0.3 is 5.97 Å². The van der Waals surface area contributed by atoms with Gasteiger partial charge in [0.25, 0.3) is 5.69 Å². The second-order valence-electron chi connectivity index (χ2n) is 3.14. The van der Waals surface area contributed by atoms with Crippen LogP contribution >= 0.6 is 11.8 Å². The highest BCUT2D eigenvalue weighted by atomic mass is 32.2. The van der Waals surface area contributed by atoms with Crippen molar-refractivity contribution >= 4 is 23.4 Å². The van der Waals surface area contributed by atoms with E-state index < -0.39 is 10.9 Å². The molecule has 0 radical (unpaired) electrons. The van der Waals surface area contributed by atoms with Crippen LogP contribution < -0.4 is 0 Å². The number of nitro benzene ring substituents is 1. The summed E-state index contributed by atoms with van der Waals surface area (Å²) < 4.78 is 0. The molecule has 2 aromatic rings. The fraction of sp³-hybridized carbons (Fsp3) is 0. The van der Waals surface area contributed by atoms with Crippen molar-refractivity contribution in [3.8, 4) is 0 Å². The number of aromatic carboxylic acids is 1. The van der Waals surface area contributed by atoms with E-state index in [4.69, 9.17) is 5.11 Å². The minimum absolute atomic E-state index is 0.136. The summed E-state index contributed by atoms with van der Waals surface area (Å²) in [6.07, 6.45) is 1.28. The normalized spacial score (nSPS) is 10.2. The number of hydrogen-bond donors (Lipinski definition) is 2. The highest BCUT2D eigenvalue weighted by Crippen LogP contribution is 2.33. The first-order chi connectivity index (χ1) is 8.58. The Morgan fingerprint density at radius 3 is 2.83 bits per heavy atom. The molecule has 18 heavy (non-hydrogen) atoms. The van der Waals surface area contributed by atoms with E-state index in [9.17, 15) is 14.9 Å². The van der Waals surface area contributed by atoms with Crippen LogP contribution in [0.4, 0.5) is 5.69 Å². The molecule has 0 spiro atoms. The first kappa shape index (κ1) is 12.0. The van der Waals surface area contributed by atoms with Gasteiger partial charge in [0, 0.05) is 6.07 Å². The number of H-pyrrole nitrogens is 1. The lowest BCUT2D eigenvalue weighted by Crippen LogP contribution is -1.99. The largest absolute Gasteiger partial charge is 0.478 e. The molecule has 0 saturated heterocycles. The fourth-order valence-electron chi connectivity index (χ4n) is 1.23. The monoisotopic (exact) mass is 266 g/mol. The standard InChI is InChI=1S/C9H6N4O4S/c14-8(15)5-1-2-7(6(3-5)13(16)17)18-9-10-4-11-12-9/h1-4H,(H,14,15)(H,10,11,12). The number of nitrogens with one attached hydrogen (secondary N) is 1. The van der Waals surface area contributed by atoms with Crippen LogP contribution in [0, 0.1) is 10.1 Å². The Labute approximate surface area is 104 Å². The first-order valence-corrected chi connectivity index (χ1v) is 5.44. The number of aromatic nitrogens is 3. The predicted molar refractivity (Wildman–Crippen MR) is 60.6 cm³/mol. The van der Waals surface area contributed by atoms with Gasteiger partial charge in [0.2, 0.25) is 0 Å². The van der Waals surface area contributed by atoms with Crippen molar-refractivity contribution in [2.24, 2.45) is 0 Å². The van der Waals surface area contributed by atoms with Gasteiger partial charge < -0.3 is 5.11 Å². The number of hydrogen-bond acceptors (Lipinski definition) is 6. The molecule has 0 aliphatic rings. The number of aromatic amines is 1. The van der Waals surface area contributed by atoms with E-state index >= 15 is 0 Å². The van der Waals surface area contributed by atoms with Crippen LogP contribution in [0.2, 0.25) is 0 Å². The van der Waals surface area contributed by atoms with Crippen molar-refractivity contribution in [3.63, 3.8) is 0 Å². The van der Waals surface area contributed by atoms with Gasteiger partial charge in [-0.25, -0.2) is 9.78 Å². The van der Waals surface area contributed by atoms with Crippen LogP contribution in [0.15, 0.2) is 34.6 Å². The molecule has 92 valence electrons. The number of nitro groups is 1. The van der Waals surface area contributed by atoms with E-state index in [1.807, 2.05) is 0 Å². The van der Waals surface area contributed by atoms with Gasteiger partial charge in [-0.05, 0) is 23.9 Å². The average Bonchev–Trinajstić information content (AvgIpc) is 2.81. The molecule has 9 heteroatoms. The second kappa shape index (κ2) is 4.84. The van der Waals surface area contributed by atoms with E-state index in [1.165, 1.54) is 18.5 Å². The maximum atomic E-state index is 10.9. The molecule has 2 rings (SSSR count). The molecular formula is C9H6N4O4S. The third-order valence-corrected chi connectivity index (χ3v) is 2.96. The Balaban J connectivity index is 2.40. The summed E-state index contributed by atoms with van der Waals surface area (Å²) in [5.74, 6) is -1.21. The SMILES string of the molecule is O=C(O)c1ccc(Sc2ncn[nH]2)c([N+](=O)[O-])c1. The molecule has 1 aromatic carbocycles. The van der Waals surface area contributed by atoms with Crippen LogP contribution in [-0.4, -0.2) is 31.2 Å². The third kappa shape index (κ3) is 2.46. The number of benzene rings is 1. The molecule has 0 atom stereocenters. The molecule has 0 amide bonds. The summed E-state index contributed by atoms with van der Waals surface area (Å²) in [5, 5.41) is 26.2. The summed E-state index contributed by atoms with van der Waals surface area (Å²) in [7, 11) is 0. The first-order valence-electron chi connectivity index (χ1n) is 4.63. The topological polar surface area (TPSA) is 122 Å². The van der Waals surface area contributed by atoms with Crippen LogP contribution in [0.25, 0.3) is 0 Å². The minimum Gasteiger partial charge on any atom is -0.478 e. The zero-order chi connectivity index (χ0) is 13.1. The fourth-order valence-corrected chi connectivity index (χ4v) is 2.01. The quantitative estimate of drug-likeness (QED) is 0.635. The molecule has 0 fully saturated rings. The Morgan fingerprint density at radius 2 is 2.28 bits per heavy atom. The predicted octanol–water partition coefficient (Wildman–Crippen LogP) is 1.56. The lowest BCUT2D eigenvalue weighted by atomic mass is 10.2.